The van der Waals surface area contributed by atoms with Crippen LogP contribution in [-0.2, 0) is 6.61 Å². The minimum atomic E-state index is -0.861. The molecule has 2 N–H and O–H groups in total. The van der Waals surface area contributed by atoms with Gasteiger partial charge >= 0.3 is 0 Å². The van der Waals surface area contributed by atoms with E-state index in [0.29, 0.717) is 23.4 Å². The molecule has 0 bridgehead atoms. The van der Waals surface area contributed by atoms with Gasteiger partial charge in [-0.25, -0.2) is 9.37 Å². The fourth-order valence-electron chi connectivity index (χ4n) is 5.41. The van der Waals surface area contributed by atoms with E-state index in [2.05, 4.69) is 10.3 Å². The van der Waals surface area contributed by atoms with Crippen LogP contribution in [-0.4, -0.2) is 45.5 Å². The number of aliphatic hydroxyl groups is 1. The van der Waals surface area contributed by atoms with E-state index < -0.39 is 16.8 Å². The maximum absolute atomic E-state index is 14.0. The topological polar surface area (TPSA) is 106 Å². The third-order valence-electron chi connectivity index (χ3n) is 7.04. The van der Waals surface area contributed by atoms with Gasteiger partial charge in [-0.2, -0.15) is 5.26 Å². The number of hydrogen-bond acceptors (Lipinski definition) is 6. The molecule has 1 saturated heterocycles. The number of aromatic nitrogens is 2. The molecule has 1 unspecified atom stereocenters. The summed E-state index contributed by atoms with van der Waals surface area (Å²) in [6, 6.07) is 17.6. The number of ether oxygens (including phenoxy) is 1. The summed E-state index contributed by atoms with van der Waals surface area (Å²) in [5, 5.41) is 35.1. The Morgan fingerprint density at radius 3 is 2.81 bits per heavy atom. The van der Waals surface area contributed by atoms with Crippen molar-refractivity contribution in [1.82, 2.24) is 9.55 Å². The molecule has 9 heteroatoms. The fraction of sp³-hybridized carbons (Fsp3) is 0.214. The van der Waals surface area contributed by atoms with Gasteiger partial charge in [0.1, 0.15) is 43.4 Å². The first-order chi connectivity index (χ1) is 17.8. The number of hydrogen-bond donors (Lipinski definition) is 2. The molecule has 3 atom stereocenters. The molecule has 2 aliphatic rings. The quantitative estimate of drug-likeness (QED) is 0.188. The Kier molecular flexibility index (Phi) is 5.46. The van der Waals surface area contributed by atoms with Gasteiger partial charge in [0.15, 0.2) is 6.19 Å². The second kappa shape index (κ2) is 8.71. The fourth-order valence-corrected chi connectivity index (χ4v) is 5.41. The average molecular weight is 498 g/mol. The molecule has 4 aromatic rings. The highest BCUT2D eigenvalue weighted by atomic mass is 19.1. The normalized spacial score (nSPS) is 23.7. The van der Waals surface area contributed by atoms with E-state index in [0.717, 1.165) is 27.8 Å². The predicted octanol–water partition coefficient (Wildman–Crippen LogP) is 4.41. The average Bonchev–Trinajstić information content (AvgIpc) is 3.30. The van der Waals surface area contributed by atoms with Gasteiger partial charge in [0.05, 0.1) is 18.1 Å². The molecule has 37 heavy (non-hydrogen) atoms. The van der Waals surface area contributed by atoms with Crippen molar-refractivity contribution in [2.75, 3.05) is 25.5 Å². The van der Waals surface area contributed by atoms with Gasteiger partial charge in [0.2, 0.25) is 5.95 Å². The Morgan fingerprint density at radius 2 is 2.03 bits per heavy atom. The van der Waals surface area contributed by atoms with Crippen molar-refractivity contribution in [3.05, 3.63) is 93.9 Å². The number of hydroxylamine groups is 3. The summed E-state index contributed by atoms with van der Waals surface area (Å²) in [6.45, 7) is 0.572. The molecule has 2 aliphatic heterocycles. The van der Waals surface area contributed by atoms with Crippen LogP contribution in [0.3, 0.4) is 0 Å². The number of rotatable bonds is 3. The molecular weight excluding hydrogens is 473 g/mol. The lowest BCUT2D eigenvalue weighted by Crippen LogP contribution is -2.35. The maximum Gasteiger partial charge on any atom is 0.217 e. The monoisotopic (exact) mass is 497 g/mol. The number of fused-ring (bicyclic) bond motifs is 3. The first-order valence-electron chi connectivity index (χ1n) is 12.0. The van der Waals surface area contributed by atoms with Gasteiger partial charge in [-0.15, -0.1) is 0 Å². The Morgan fingerprint density at radius 1 is 1.19 bits per heavy atom. The van der Waals surface area contributed by atoms with Gasteiger partial charge in [-0.05, 0) is 52.6 Å². The highest BCUT2D eigenvalue weighted by Gasteiger charge is 2.40. The van der Waals surface area contributed by atoms with E-state index in [-0.39, 0.29) is 24.9 Å². The molecule has 0 radical (unpaired) electrons. The summed E-state index contributed by atoms with van der Waals surface area (Å²) in [5.41, 5.74) is 5.83. The van der Waals surface area contributed by atoms with Gasteiger partial charge in [0.25, 0.3) is 0 Å². The number of nitrogens with one attached hydrogen (secondary N) is 1. The Bertz CT molecular complexity index is 1600. The summed E-state index contributed by atoms with van der Waals surface area (Å²) in [6.07, 6.45) is 3.05. The van der Waals surface area contributed by atoms with E-state index >= 15 is 0 Å². The molecule has 1 aromatic heterocycles. The molecule has 0 saturated carbocycles. The van der Waals surface area contributed by atoms with E-state index in [4.69, 9.17) is 4.74 Å². The third kappa shape index (κ3) is 4.11. The van der Waals surface area contributed by atoms with Crippen molar-refractivity contribution in [3.8, 4) is 11.9 Å². The molecular formula is C28H24FN5O3. The van der Waals surface area contributed by atoms with Crippen LogP contribution >= 0.6 is 0 Å². The summed E-state index contributed by atoms with van der Waals surface area (Å²) in [7, 11) is 1.53. The Hall–Kier alpha value is -4.23. The Balaban J connectivity index is 1.50. The van der Waals surface area contributed by atoms with Crippen molar-refractivity contribution < 1.29 is 18.9 Å². The lowest BCUT2D eigenvalue weighted by atomic mass is 9.92. The van der Waals surface area contributed by atoms with Crippen molar-refractivity contribution in [2.45, 2.75) is 18.8 Å². The zero-order valence-electron chi connectivity index (χ0n) is 20.1. The van der Waals surface area contributed by atoms with Crippen LogP contribution in [0.25, 0.3) is 22.7 Å². The lowest BCUT2D eigenvalue weighted by Gasteiger charge is -2.33. The standard InChI is InChI=1S/C28H24FN5O3/c1-34(36)13-25(26(35)14-34)33-24-9-6-17(11-23(24)32-28(33)31-16-30)10-22-20-5-3-2-4-18(20)15-37-27-12-19(29)7-8-21(22)27/h2-12,25-26,35H,13-15H2,1H3,(H,31,32)/t25-,26-,34?/m0/s1. The summed E-state index contributed by atoms with van der Waals surface area (Å²) >= 11 is 0. The van der Waals surface area contributed by atoms with Gasteiger partial charge < -0.3 is 19.7 Å². The second-order valence-electron chi connectivity index (χ2n) is 9.73. The SMILES string of the molecule is C[N+]1([O-])C[C@H](O)[C@@H](n2c(NC#N)nc3cc(C=C4c5ccccc5COc5cc(F)ccc54)ccc32)C1. The second-order valence-corrected chi connectivity index (χ2v) is 9.73. The number of nitriles is 1. The number of nitrogens with zero attached hydrogens (tertiary/aromatic N) is 4. The molecule has 3 heterocycles. The number of likely N-dealkylation sites (tertiary alicyclic amines) is 1. The van der Waals surface area contributed by atoms with Gasteiger partial charge in [0, 0.05) is 11.6 Å². The van der Waals surface area contributed by atoms with Crippen LogP contribution in [0.1, 0.15) is 28.3 Å². The number of halogens is 1. The van der Waals surface area contributed by atoms with Gasteiger partial charge in [-0.3, -0.25) is 9.88 Å². The highest BCUT2D eigenvalue weighted by Crippen LogP contribution is 2.39. The van der Waals surface area contributed by atoms with Crippen molar-refractivity contribution in [1.29, 1.82) is 5.26 Å². The van der Waals surface area contributed by atoms with Crippen LogP contribution in [0, 0.1) is 22.5 Å². The molecule has 0 amide bonds. The maximum atomic E-state index is 14.0. The largest absolute Gasteiger partial charge is 0.633 e. The minimum absolute atomic E-state index is 0.0714. The Labute approximate surface area is 212 Å². The van der Waals surface area contributed by atoms with Crippen LogP contribution < -0.4 is 10.1 Å². The van der Waals surface area contributed by atoms with E-state index in [9.17, 15) is 20.0 Å². The van der Waals surface area contributed by atoms with Crippen molar-refractivity contribution in [3.63, 3.8) is 0 Å². The predicted molar refractivity (Wildman–Crippen MR) is 137 cm³/mol. The molecule has 6 rings (SSSR count). The molecule has 8 nitrogen and oxygen atoms in total. The number of imidazole rings is 1. The lowest BCUT2D eigenvalue weighted by molar-refractivity contribution is -0.850. The first-order valence-corrected chi connectivity index (χ1v) is 12.0. The van der Waals surface area contributed by atoms with Crippen LogP contribution in [0.15, 0.2) is 60.7 Å². The summed E-state index contributed by atoms with van der Waals surface area (Å²) in [5.74, 6) is 0.389. The number of aliphatic hydroxyl groups excluding tert-OH is 1. The smallest absolute Gasteiger partial charge is 0.217 e. The van der Waals surface area contributed by atoms with E-state index in [1.807, 2.05) is 54.7 Å². The van der Waals surface area contributed by atoms with Crippen molar-refractivity contribution in [2.24, 2.45) is 0 Å². The number of quaternary nitrogens is 1. The molecule has 186 valence electrons. The van der Waals surface area contributed by atoms with Crippen molar-refractivity contribution >= 4 is 28.6 Å². The molecule has 0 aliphatic carbocycles. The van der Waals surface area contributed by atoms with Crippen LogP contribution in [0.4, 0.5) is 10.3 Å². The molecule has 1 fully saturated rings. The number of benzene rings is 3. The molecule has 0 spiro atoms. The summed E-state index contributed by atoms with van der Waals surface area (Å²) < 4.78 is 21.1. The number of likely N-dealkylation sites (N-methyl/N-ethyl adjacent to an activating group) is 1. The highest BCUT2D eigenvalue weighted by molar-refractivity contribution is 5.96. The zero-order valence-corrected chi connectivity index (χ0v) is 20.1. The first kappa shape index (κ1) is 23.2. The van der Waals surface area contributed by atoms with E-state index in [1.165, 1.54) is 19.2 Å². The summed E-state index contributed by atoms with van der Waals surface area (Å²) in [4.78, 5) is 4.61. The third-order valence-corrected chi connectivity index (χ3v) is 7.04. The number of anilines is 1. The molecule has 3 aromatic carbocycles. The zero-order chi connectivity index (χ0) is 25.7. The van der Waals surface area contributed by atoms with Crippen LogP contribution in [0.5, 0.6) is 5.75 Å². The van der Waals surface area contributed by atoms with Crippen LogP contribution in [0.2, 0.25) is 0 Å². The van der Waals surface area contributed by atoms with E-state index in [1.54, 1.807) is 10.6 Å². The minimum Gasteiger partial charge on any atom is -0.633 e. The van der Waals surface area contributed by atoms with Gasteiger partial charge in [-0.1, -0.05) is 30.3 Å².